The quantitative estimate of drug-likeness (QED) is 0.907. The summed E-state index contributed by atoms with van der Waals surface area (Å²) < 4.78 is 0. The van der Waals surface area contributed by atoms with Crippen molar-refractivity contribution in [1.29, 1.82) is 0 Å². The van der Waals surface area contributed by atoms with Crippen LogP contribution in [0.3, 0.4) is 0 Å². The van der Waals surface area contributed by atoms with E-state index in [2.05, 4.69) is 10.3 Å². The molecule has 7 heteroatoms. The first-order valence-electron chi connectivity index (χ1n) is 6.68. The number of rotatable bonds is 4. The lowest BCUT2D eigenvalue weighted by Crippen LogP contribution is -2.40. The van der Waals surface area contributed by atoms with Crippen molar-refractivity contribution in [2.24, 2.45) is 5.92 Å². The summed E-state index contributed by atoms with van der Waals surface area (Å²) in [5, 5.41) is 16.4. The van der Waals surface area contributed by atoms with Crippen LogP contribution in [0.4, 0.5) is 0 Å². The van der Waals surface area contributed by atoms with E-state index in [4.69, 9.17) is 5.11 Å². The second-order valence-electron chi connectivity index (χ2n) is 4.97. The average molecular weight is 322 g/mol. The summed E-state index contributed by atoms with van der Waals surface area (Å²) in [6, 6.07) is 3.61. The van der Waals surface area contributed by atoms with Crippen LogP contribution in [0.5, 0.6) is 0 Å². The largest absolute Gasteiger partial charge is 0.481 e. The number of carboxylic acids is 1. The molecule has 0 saturated heterocycles. The van der Waals surface area contributed by atoms with Crippen molar-refractivity contribution in [2.75, 3.05) is 0 Å². The number of hydrogen-bond acceptors (Lipinski definition) is 5. The molecule has 0 spiro atoms. The van der Waals surface area contributed by atoms with Crippen molar-refractivity contribution < 1.29 is 14.7 Å². The molecule has 2 aromatic rings. The minimum absolute atomic E-state index is 0.285. The fraction of sp³-hybridized carbons (Fsp3) is 0.357. The first-order chi connectivity index (χ1) is 10.1. The Morgan fingerprint density at radius 3 is 2.90 bits per heavy atom. The van der Waals surface area contributed by atoms with Crippen molar-refractivity contribution in [2.45, 2.75) is 25.3 Å². The first-order valence-corrected chi connectivity index (χ1v) is 8.44. The Hall–Kier alpha value is -1.73. The number of thiazole rings is 1. The molecular formula is C14H14N2O3S2. The maximum absolute atomic E-state index is 12.2. The zero-order valence-corrected chi connectivity index (χ0v) is 12.7. The van der Waals surface area contributed by atoms with Crippen LogP contribution in [-0.2, 0) is 4.79 Å². The van der Waals surface area contributed by atoms with Gasteiger partial charge in [-0.3, -0.25) is 9.59 Å². The highest BCUT2D eigenvalue weighted by molar-refractivity contribution is 7.20. The summed E-state index contributed by atoms with van der Waals surface area (Å²) in [4.78, 5) is 28.7. The number of aliphatic carboxylic acids is 1. The van der Waals surface area contributed by atoms with Crippen molar-refractivity contribution >= 4 is 34.6 Å². The summed E-state index contributed by atoms with van der Waals surface area (Å²) in [5.41, 5.74) is 0.361. The Kier molecular flexibility index (Phi) is 4.03. The van der Waals surface area contributed by atoms with Gasteiger partial charge in [0, 0.05) is 11.4 Å². The zero-order valence-electron chi connectivity index (χ0n) is 11.1. The minimum atomic E-state index is -0.838. The monoisotopic (exact) mass is 322 g/mol. The number of carbonyl (C=O) groups is 2. The second kappa shape index (κ2) is 5.95. The molecule has 5 nitrogen and oxygen atoms in total. The molecule has 2 N–H and O–H groups in total. The molecular weight excluding hydrogens is 308 g/mol. The predicted octanol–water partition coefficient (Wildman–Crippen LogP) is 2.85. The molecule has 0 bridgehead atoms. The van der Waals surface area contributed by atoms with Gasteiger partial charge in [-0.05, 0) is 24.3 Å². The minimum Gasteiger partial charge on any atom is -0.481 e. The summed E-state index contributed by atoms with van der Waals surface area (Å²) in [6.45, 7) is 0. The Labute approximate surface area is 129 Å². The van der Waals surface area contributed by atoms with E-state index in [1.54, 1.807) is 16.7 Å². The number of aromatic nitrogens is 1. The molecule has 21 heavy (non-hydrogen) atoms. The number of carboxylic acid groups (broad SMARTS) is 1. The Morgan fingerprint density at radius 2 is 2.19 bits per heavy atom. The van der Waals surface area contributed by atoms with Gasteiger partial charge in [0.15, 0.2) is 0 Å². The Bertz CT molecular complexity index is 651. The van der Waals surface area contributed by atoms with Crippen molar-refractivity contribution in [3.05, 3.63) is 28.6 Å². The normalized spacial score (nSPS) is 21.3. The van der Waals surface area contributed by atoms with E-state index in [0.717, 1.165) is 16.3 Å². The number of carbonyl (C=O) groups excluding carboxylic acids is 1. The van der Waals surface area contributed by atoms with Gasteiger partial charge < -0.3 is 10.4 Å². The number of nitrogens with one attached hydrogen (secondary N) is 1. The van der Waals surface area contributed by atoms with E-state index in [0.29, 0.717) is 18.5 Å². The standard InChI is InChI=1S/C14H14N2O3S2/c17-12(15-9-4-1-3-8(9)14(18)19)10-7-21-13(16-10)11-5-2-6-20-11/h2,5-9H,1,3-4H2,(H,15,17)(H,18,19)/t8-,9+/m1/s1. The molecule has 2 aromatic heterocycles. The lowest BCUT2D eigenvalue weighted by molar-refractivity contribution is -0.142. The number of nitrogens with zero attached hydrogens (tertiary/aromatic N) is 1. The van der Waals surface area contributed by atoms with Crippen LogP contribution in [-0.4, -0.2) is 28.0 Å². The van der Waals surface area contributed by atoms with E-state index < -0.39 is 11.9 Å². The Morgan fingerprint density at radius 1 is 1.33 bits per heavy atom. The van der Waals surface area contributed by atoms with Crippen molar-refractivity contribution in [1.82, 2.24) is 10.3 Å². The van der Waals surface area contributed by atoms with Crippen LogP contribution in [0.25, 0.3) is 9.88 Å². The average Bonchev–Trinajstić information content (AvgIpc) is 3.19. The van der Waals surface area contributed by atoms with Gasteiger partial charge in [0.1, 0.15) is 10.7 Å². The van der Waals surface area contributed by atoms with E-state index in [-0.39, 0.29) is 11.9 Å². The van der Waals surface area contributed by atoms with Gasteiger partial charge in [-0.1, -0.05) is 12.5 Å². The summed E-state index contributed by atoms with van der Waals surface area (Å²) in [6.07, 6.45) is 2.17. The van der Waals surface area contributed by atoms with E-state index in [1.165, 1.54) is 11.3 Å². The molecule has 1 saturated carbocycles. The number of hydrogen-bond donors (Lipinski definition) is 2. The number of thiophene rings is 1. The van der Waals surface area contributed by atoms with Gasteiger partial charge in [-0.15, -0.1) is 22.7 Å². The predicted molar refractivity (Wildman–Crippen MR) is 81.7 cm³/mol. The molecule has 2 atom stereocenters. The van der Waals surface area contributed by atoms with Gasteiger partial charge in [-0.25, -0.2) is 4.98 Å². The molecule has 0 unspecified atom stereocenters. The van der Waals surface area contributed by atoms with E-state index in [9.17, 15) is 9.59 Å². The summed E-state index contributed by atoms with van der Waals surface area (Å²) in [7, 11) is 0. The van der Waals surface area contributed by atoms with Gasteiger partial charge in [-0.2, -0.15) is 0 Å². The molecule has 0 aromatic carbocycles. The topological polar surface area (TPSA) is 79.3 Å². The maximum atomic E-state index is 12.2. The van der Waals surface area contributed by atoms with Crippen LogP contribution >= 0.6 is 22.7 Å². The molecule has 2 heterocycles. The van der Waals surface area contributed by atoms with Crippen molar-refractivity contribution in [3.63, 3.8) is 0 Å². The molecule has 1 fully saturated rings. The second-order valence-corrected chi connectivity index (χ2v) is 6.78. The van der Waals surface area contributed by atoms with Crippen LogP contribution in [0, 0.1) is 5.92 Å². The van der Waals surface area contributed by atoms with Crippen LogP contribution in [0.15, 0.2) is 22.9 Å². The molecule has 0 aliphatic heterocycles. The lowest BCUT2D eigenvalue weighted by Gasteiger charge is -2.16. The van der Waals surface area contributed by atoms with Crippen molar-refractivity contribution in [3.8, 4) is 9.88 Å². The third-order valence-electron chi connectivity index (χ3n) is 3.62. The third kappa shape index (κ3) is 2.98. The molecule has 3 rings (SSSR count). The van der Waals surface area contributed by atoms with Gasteiger partial charge >= 0.3 is 5.97 Å². The highest BCUT2D eigenvalue weighted by Gasteiger charge is 2.34. The van der Waals surface area contributed by atoms with Gasteiger partial charge in [0.2, 0.25) is 0 Å². The smallest absolute Gasteiger partial charge is 0.308 e. The molecule has 0 radical (unpaired) electrons. The lowest BCUT2D eigenvalue weighted by atomic mass is 10.0. The van der Waals surface area contributed by atoms with Crippen LogP contribution in [0.1, 0.15) is 29.8 Å². The maximum Gasteiger partial charge on any atom is 0.308 e. The van der Waals surface area contributed by atoms with Crippen LogP contribution in [0.2, 0.25) is 0 Å². The Balaban J connectivity index is 1.70. The molecule has 1 aliphatic carbocycles. The summed E-state index contributed by atoms with van der Waals surface area (Å²) in [5.74, 6) is -1.60. The highest BCUT2D eigenvalue weighted by atomic mass is 32.1. The van der Waals surface area contributed by atoms with Gasteiger partial charge in [0.05, 0.1) is 10.8 Å². The zero-order chi connectivity index (χ0) is 14.8. The molecule has 1 aliphatic rings. The SMILES string of the molecule is O=C(N[C@H]1CCC[C@H]1C(=O)O)c1csc(-c2cccs2)n1. The molecule has 110 valence electrons. The first kappa shape index (κ1) is 14.2. The van der Waals surface area contributed by atoms with E-state index in [1.807, 2.05) is 17.5 Å². The molecule has 1 amide bonds. The number of amides is 1. The highest BCUT2D eigenvalue weighted by Crippen LogP contribution is 2.29. The van der Waals surface area contributed by atoms with Crippen LogP contribution < -0.4 is 5.32 Å². The van der Waals surface area contributed by atoms with Gasteiger partial charge in [0.25, 0.3) is 5.91 Å². The fourth-order valence-corrected chi connectivity index (χ4v) is 4.18. The summed E-state index contributed by atoms with van der Waals surface area (Å²) >= 11 is 3.00. The van der Waals surface area contributed by atoms with E-state index >= 15 is 0 Å². The third-order valence-corrected chi connectivity index (χ3v) is 5.50. The fourth-order valence-electron chi connectivity index (χ4n) is 2.56.